The molecule has 2 heterocycles. The van der Waals surface area contributed by atoms with Crippen molar-refractivity contribution < 1.29 is 14.3 Å². The molecule has 9 heteroatoms. The lowest BCUT2D eigenvalue weighted by atomic mass is 10.2. The number of nitrogens with two attached hydrogens (primary N) is 2. The van der Waals surface area contributed by atoms with Gasteiger partial charge in [-0.25, -0.2) is 4.98 Å². The van der Waals surface area contributed by atoms with Gasteiger partial charge in [0.25, 0.3) is 11.8 Å². The molecule has 0 spiro atoms. The van der Waals surface area contributed by atoms with Gasteiger partial charge in [-0.05, 0) is 32.9 Å². The summed E-state index contributed by atoms with van der Waals surface area (Å²) >= 11 is 0. The number of ether oxygens (including phenoxy) is 1. The lowest BCUT2D eigenvalue weighted by molar-refractivity contribution is 0.0945. The summed E-state index contributed by atoms with van der Waals surface area (Å²) in [6, 6.07) is 3.17. The molecule has 2 aromatic heterocycles. The zero-order valence-corrected chi connectivity index (χ0v) is 16.0. The number of anilines is 2. The SMILES string of the molecule is CCNC(=O)c1cc(N)cnc1C.CCNC(=O)c1cc(N)cnc1OC. The first-order valence-corrected chi connectivity index (χ1v) is 8.41. The molecular formula is C18H26N6O3. The van der Waals surface area contributed by atoms with Crippen molar-refractivity contribution in [2.75, 3.05) is 31.7 Å². The summed E-state index contributed by atoms with van der Waals surface area (Å²) in [5, 5.41) is 5.34. The minimum atomic E-state index is -0.232. The Balaban J connectivity index is 0.000000271. The van der Waals surface area contributed by atoms with Crippen LogP contribution in [0.5, 0.6) is 5.88 Å². The third kappa shape index (κ3) is 6.46. The second kappa shape index (κ2) is 10.6. The summed E-state index contributed by atoms with van der Waals surface area (Å²) in [5.74, 6) is -0.0749. The Hall–Kier alpha value is -3.36. The maximum atomic E-state index is 11.5. The number of methoxy groups -OCH3 is 1. The van der Waals surface area contributed by atoms with Gasteiger partial charge in [-0.15, -0.1) is 0 Å². The number of aryl methyl sites for hydroxylation is 1. The van der Waals surface area contributed by atoms with Gasteiger partial charge in [0.1, 0.15) is 5.56 Å². The van der Waals surface area contributed by atoms with E-state index < -0.39 is 0 Å². The summed E-state index contributed by atoms with van der Waals surface area (Å²) in [6.45, 7) is 6.64. The van der Waals surface area contributed by atoms with Crippen molar-refractivity contribution in [3.8, 4) is 5.88 Å². The molecule has 0 fully saturated rings. The van der Waals surface area contributed by atoms with E-state index in [0.29, 0.717) is 41.3 Å². The molecule has 0 aliphatic rings. The first-order chi connectivity index (χ1) is 12.8. The predicted molar refractivity (Wildman–Crippen MR) is 105 cm³/mol. The molecule has 2 aromatic rings. The third-order valence-corrected chi connectivity index (χ3v) is 3.34. The van der Waals surface area contributed by atoms with Crippen molar-refractivity contribution in [1.29, 1.82) is 0 Å². The van der Waals surface area contributed by atoms with E-state index >= 15 is 0 Å². The second-order valence-electron chi connectivity index (χ2n) is 5.45. The Labute approximate surface area is 158 Å². The van der Waals surface area contributed by atoms with Crippen LogP contribution in [-0.2, 0) is 0 Å². The second-order valence-corrected chi connectivity index (χ2v) is 5.45. The van der Waals surface area contributed by atoms with Gasteiger partial charge in [0.05, 0.1) is 42.1 Å². The Bertz CT molecular complexity index is 795. The maximum absolute atomic E-state index is 11.5. The standard InChI is InChI=1S/C9H13N3O2.C9H13N3O/c1-3-11-8(13)7-4-6(10)5-12-9(7)14-2;1-3-11-9(13)8-4-7(10)5-12-6(8)2/h4-5H,3,10H2,1-2H3,(H,11,13);4-5H,3,10H2,1-2H3,(H,11,13). The molecular weight excluding hydrogens is 348 g/mol. The number of nitrogens with one attached hydrogen (secondary N) is 2. The van der Waals surface area contributed by atoms with Gasteiger partial charge in [-0.3, -0.25) is 14.6 Å². The van der Waals surface area contributed by atoms with Gasteiger partial charge in [-0.1, -0.05) is 0 Å². The minimum absolute atomic E-state index is 0.125. The van der Waals surface area contributed by atoms with Crippen LogP contribution in [0.15, 0.2) is 24.5 Å². The van der Waals surface area contributed by atoms with Crippen molar-refractivity contribution >= 4 is 23.2 Å². The summed E-state index contributed by atoms with van der Waals surface area (Å²) in [5.41, 5.74) is 13.6. The summed E-state index contributed by atoms with van der Waals surface area (Å²) in [7, 11) is 1.46. The predicted octanol–water partition coefficient (Wildman–Crippen LogP) is 1.14. The van der Waals surface area contributed by atoms with Crippen molar-refractivity contribution in [3.05, 3.63) is 41.3 Å². The Morgan fingerprint density at radius 2 is 1.44 bits per heavy atom. The van der Waals surface area contributed by atoms with Crippen molar-refractivity contribution in [3.63, 3.8) is 0 Å². The summed E-state index contributed by atoms with van der Waals surface area (Å²) in [4.78, 5) is 30.8. The molecule has 0 radical (unpaired) electrons. The fraction of sp³-hybridized carbons (Fsp3) is 0.333. The van der Waals surface area contributed by atoms with Crippen LogP contribution in [0.4, 0.5) is 11.4 Å². The molecule has 6 N–H and O–H groups in total. The first-order valence-electron chi connectivity index (χ1n) is 8.41. The van der Waals surface area contributed by atoms with Crippen LogP contribution < -0.4 is 26.8 Å². The number of carbonyl (C=O) groups is 2. The number of hydrogen-bond acceptors (Lipinski definition) is 7. The lowest BCUT2D eigenvalue weighted by Crippen LogP contribution is -2.23. The summed E-state index contributed by atoms with van der Waals surface area (Å²) < 4.78 is 4.94. The average molecular weight is 374 g/mol. The molecule has 0 atom stereocenters. The Kier molecular flexibility index (Phi) is 8.50. The molecule has 146 valence electrons. The smallest absolute Gasteiger partial charge is 0.256 e. The van der Waals surface area contributed by atoms with E-state index in [9.17, 15) is 9.59 Å². The molecule has 0 bridgehead atoms. The maximum Gasteiger partial charge on any atom is 0.256 e. The van der Waals surface area contributed by atoms with Crippen molar-refractivity contribution in [2.24, 2.45) is 0 Å². The normalized spacial score (nSPS) is 9.63. The average Bonchev–Trinajstić information content (AvgIpc) is 2.64. The van der Waals surface area contributed by atoms with E-state index in [1.165, 1.54) is 25.6 Å². The van der Waals surface area contributed by atoms with Crippen LogP contribution in [0.1, 0.15) is 40.3 Å². The number of amides is 2. The minimum Gasteiger partial charge on any atom is -0.480 e. The molecule has 0 aliphatic carbocycles. The zero-order valence-electron chi connectivity index (χ0n) is 16.0. The molecule has 0 aromatic carbocycles. The number of nitrogen functional groups attached to an aromatic ring is 2. The molecule has 2 rings (SSSR count). The molecule has 0 saturated carbocycles. The van der Waals surface area contributed by atoms with E-state index in [1.54, 1.807) is 13.0 Å². The van der Waals surface area contributed by atoms with E-state index in [-0.39, 0.29) is 17.7 Å². The number of nitrogens with zero attached hydrogens (tertiary/aromatic N) is 2. The topological polar surface area (TPSA) is 145 Å². The molecule has 0 aliphatic heterocycles. The zero-order chi connectivity index (χ0) is 20.4. The van der Waals surface area contributed by atoms with Crippen LogP contribution in [0.3, 0.4) is 0 Å². The molecule has 0 saturated heterocycles. The van der Waals surface area contributed by atoms with Crippen LogP contribution in [0, 0.1) is 6.92 Å². The number of hydrogen-bond donors (Lipinski definition) is 4. The van der Waals surface area contributed by atoms with Gasteiger partial charge >= 0.3 is 0 Å². The fourth-order valence-corrected chi connectivity index (χ4v) is 2.08. The third-order valence-electron chi connectivity index (χ3n) is 3.34. The van der Waals surface area contributed by atoms with Crippen LogP contribution in [-0.4, -0.2) is 42.0 Å². The van der Waals surface area contributed by atoms with Crippen molar-refractivity contribution in [2.45, 2.75) is 20.8 Å². The van der Waals surface area contributed by atoms with Crippen LogP contribution in [0.2, 0.25) is 0 Å². The van der Waals surface area contributed by atoms with Crippen molar-refractivity contribution in [1.82, 2.24) is 20.6 Å². The Morgan fingerprint density at radius 3 is 1.96 bits per heavy atom. The van der Waals surface area contributed by atoms with Gasteiger partial charge in [-0.2, -0.15) is 0 Å². The monoisotopic (exact) mass is 374 g/mol. The van der Waals surface area contributed by atoms with E-state index in [1.807, 2.05) is 13.8 Å². The van der Waals surface area contributed by atoms with E-state index in [4.69, 9.17) is 16.2 Å². The number of rotatable bonds is 5. The highest BCUT2D eigenvalue weighted by molar-refractivity contribution is 5.97. The highest BCUT2D eigenvalue weighted by atomic mass is 16.5. The first kappa shape index (κ1) is 21.7. The van der Waals surface area contributed by atoms with Crippen LogP contribution in [0.25, 0.3) is 0 Å². The molecule has 0 unspecified atom stereocenters. The van der Waals surface area contributed by atoms with E-state index in [2.05, 4.69) is 20.6 Å². The fourth-order valence-electron chi connectivity index (χ4n) is 2.08. The number of pyridine rings is 2. The van der Waals surface area contributed by atoms with E-state index in [0.717, 1.165) is 0 Å². The Morgan fingerprint density at radius 1 is 0.963 bits per heavy atom. The van der Waals surface area contributed by atoms with Gasteiger partial charge in [0, 0.05) is 13.1 Å². The summed E-state index contributed by atoms with van der Waals surface area (Å²) in [6.07, 6.45) is 2.99. The van der Waals surface area contributed by atoms with Gasteiger partial charge < -0.3 is 26.8 Å². The van der Waals surface area contributed by atoms with Gasteiger partial charge in [0.15, 0.2) is 0 Å². The van der Waals surface area contributed by atoms with Gasteiger partial charge in [0.2, 0.25) is 5.88 Å². The highest BCUT2D eigenvalue weighted by Crippen LogP contribution is 2.16. The highest BCUT2D eigenvalue weighted by Gasteiger charge is 2.12. The molecule has 2 amide bonds. The number of carbonyl (C=O) groups excluding carboxylic acids is 2. The quantitative estimate of drug-likeness (QED) is 0.614. The lowest BCUT2D eigenvalue weighted by Gasteiger charge is -2.07. The van der Waals surface area contributed by atoms with Crippen LogP contribution >= 0.6 is 0 Å². The largest absolute Gasteiger partial charge is 0.480 e. The number of aromatic nitrogens is 2. The molecule has 9 nitrogen and oxygen atoms in total. The molecule has 27 heavy (non-hydrogen) atoms.